The van der Waals surface area contributed by atoms with E-state index < -0.39 is 12.1 Å². The molecule has 2 rings (SSSR count). The van der Waals surface area contributed by atoms with E-state index in [2.05, 4.69) is 14.7 Å². The summed E-state index contributed by atoms with van der Waals surface area (Å²) in [6.07, 6.45) is -3.08. The summed E-state index contributed by atoms with van der Waals surface area (Å²) >= 11 is 7.01. The molecule has 0 aliphatic rings. The van der Waals surface area contributed by atoms with E-state index in [4.69, 9.17) is 16.3 Å². The number of hydrogen-bond donors (Lipinski definition) is 0. The minimum absolute atomic E-state index is 0.0255. The fourth-order valence-corrected chi connectivity index (χ4v) is 1.97. The lowest BCUT2D eigenvalue weighted by atomic mass is 10.3. The Kier molecular flexibility index (Phi) is 4.79. The van der Waals surface area contributed by atoms with Crippen molar-refractivity contribution in [2.24, 2.45) is 0 Å². The first-order chi connectivity index (χ1) is 9.87. The second-order valence-corrected chi connectivity index (χ2v) is 4.77. The third-order valence-electron chi connectivity index (χ3n) is 2.12. The highest BCUT2D eigenvalue weighted by molar-refractivity contribution is 7.98. The van der Waals surface area contributed by atoms with Crippen molar-refractivity contribution >= 4 is 23.4 Å². The SMILES string of the molecule is CSc1nc(Cl)cc(Oc2ccccc2OC(F)(F)F)n1. The third kappa shape index (κ3) is 4.68. The molecule has 4 nitrogen and oxygen atoms in total. The molecule has 0 amide bonds. The maximum Gasteiger partial charge on any atom is 0.573 e. The number of ether oxygens (including phenoxy) is 2. The molecule has 1 aromatic heterocycles. The molecule has 9 heteroatoms. The van der Waals surface area contributed by atoms with Crippen molar-refractivity contribution in [3.05, 3.63) is 35.5 Å². The highest BCUT2D eigenvalue weighted by Gasteiger charge is 2.32. The van der Waals surface area contributed by atoms with Crippen molar-refractivity contribution in [3.63, 3.8) is 0 Å². The molecule has 0 spiro atoms. The molecule has 1 heterocycles. The molecule has 0 atom stereocenters. The van der Waals surface area contributed by atoms with Gasteiger partial charge in [-0.3, -0.25) is 0 Å². The van der Waals surface area contributed by atoms with E-state index in [0.717, 1.165) is 6.07 Å². The van der Waals surface area contributed by atoms with E-state index >= 15 is 0 Å². The monoisotopic (exact) mass is 336 g/mol. The minimum Gasteiger partial charge on any atom is -0.435 e. The number of alkyl halides is 3. The van der Waals surface area contributed by atoms with Gasteiger partial charge in [-0.2, -0.15) is 4.98 Å². The first kappa shape index (κ1) is 15.7. The second kappa shape index (κ2) is 6.40. The summed E-state index contributed by atoms with van der Waals surface area (Å²) < 4.78 is 46.1. The van der Waals surface area contributed by atoms with Crippen LogP contribution in [0.4, 0.5) is 13.2 Å². The highest BCUT2D eigenvalue weighted by atomic mass is 35.5. The zero-order valence-electron chi connectivity index (χ0n) is 10.5. The zero-order valence-corrected chi connectivity index (χ0v) is 12.1. The van der Waals surface area contributed by atoms with E-state index in [1.807, 2.05) is 0 Å². The topological polar surface area (TPSA) is 44.2 Å². The van der Waals surface area contributed by atoms with E-state index in [1.165, 1.54) is 36.0 Å². The Hall–Kier alpha value is -1.67. The molecule has 1 aromatic carbocycles. The summed E-state index contributed by atoms with van der Waals surface area (Å²) in [5, 5.41) is 0.463. The van der Waals surface area contributed by atoms with Gasteiger partial charge in [-0.05, 0) is 18.4 Å². The van der Waals surface area contributed by atoms with Crippen molar-refractivity contribution in [2.75, 3.05) is 6.26 Å². The molecular weight excluding hydrogens is 329 g/mol. The van der Waals surface area contributed by atoms with Gasteiger partial charge >= 0.3 is 6.36 Å². The van der Waals surface area contributed by atoms with Crippen molar-refractivity contribution in [1.82, 2.24) is 9.97 Å². The second-order valence-electron chi connectivity index (χ2n) is 3.61. The number of benzene rings is 1. The molecule has 0 aliphatic heterocycles. The lowest BCUT2D eigenvalue weighted by Gasteiger charge is -2.13. The molecule has 0 N–H and O–H groups in total. The Bertz CT molecular complexity index is 640. The molecule has 0 saturated carbocycles. The Morgan fingerprint density at radius 2 is 1.81 bits per heavy atom. The molecule has 0 radical (unpaired) electrons. The van der Waals surface area contributed by atoms with Crippen LogP contribution < -0.4 is 9.47 Å². The van der Waals surface area contributed by atoms with Gasteiger partial charge in [0.2, 0.25) is 5.88 Å². The largest absolute Gasteiger partial charge is 0.573 e. The molecule has 0 saturated heterocycles. The van der Waals surface area contributed by atoms with E-state index in [-0.39, 0.29) is 16.8 Å². The van der Waals surface area contributed by atoms with Crippen LogP contribution in [0.15, 0.2) is 35.5 Å². The molecule has 2 aromatic rings. The van der Waals surface area contributed by atoms with Crippen LogP contribution in [0.1, 0.15) is 0 Å². The summed E-state index contributed by atoms with van der Waals surface area (Å²) in [6.45, 7) is 0. The van der Waals surface area contributed by atoms with Gasteiger partial charge in [0, 0.05) is 6.07 Å². The van der Waals surface area contributed by atoms with Crippen LogP contribution in [0.3, 0.4) is 0 Å². The van der Waals surface area contributed by atoms with Crippen LogP contribution in [0.5, 0.6) is 17.4 Å². The molecule has 0 aliphatic carbocycles. The number of halogens is 4. The first-order valence-corrected chi connectivity index (χ1v) is 7.09. The normalized spacial score (nSPS) is 11.3. The Balaban J connectivity index is 2.29. The average Bonchev–Trinajstić information content (AvgIpc) is 2.38. The summed E-state index contributed by atoms with van der Waals surface area (Å²) in [4.78, 5) is 7.90. The average molecular weight is 337 g/mol. The quantitative estimate of drug-likeness (QED) is 0.466. The van der Waals surface area contributed by atoms with E-state index in [1.54, 1.807) is 6.26 Å². The van der Waals surface area contributed by atoms with E-state index in [9.17, 15) is 13.2 Å². The summed E-state index contributed by atoms with van der Waals surface area (Å²) in [6, 6.07) is 6.67. The fourth-order valence-electron chi connectivity index (χ4n) is 1.38. The summed E-state index contributed by atoms with van der Waals surface area (Å²) in [5.74, 6) is -0.570. The number of thioether (sulfide) groups is 1. The van der Waals surface area contributed by atoms with Gasteiger partial charge in [-0.15, -0.1) is 13.2 Å². The number of hydrogen-bond acceptors (Lipinski definition) is 5. The molecule has 21 heavy (non-hydrogen) atoms. The minimum atomic E-state index is -4.81. The number of rotatable bonds is 4. The zero-order chi connectivity index (χ0) is 15.5. The number of para-hydroxylation sites is 2. The number of nitrogens with zero attached hydrogens (tertiary/aromatic N) is 2. The van der Waals surface area contributed by atoms with Crippen LogP contribution in [0.2, 0.25) is 5.15 Å². The molecule has 0 unspecified atom stereocenters. The van der Waals surface area contributed by atoms with Gasteiger partial charge in [0.1, 0.15) is 5.15 Å². The standard InChI is InChI=1S/C12H8ClF3N2O2S/c1-21-11-17-9(13)6-10(18-11)19-7-4-2-3-5-8(7)20-12(14,15)16/h2-6H,1H3. The smallest absolute Gasteiger partial charge is 0.435 e. The lowest BCUT2D eigenvalue weighted by molar-refractivity contribution is -0.275. The molecule has 0 fully saturated rings. The van der Waals surface area contributed by atoms with E-state index in [0.29, 0.717) is 5.16 Å². The van der Waals surface area contributed by atoms with Gasteiger partial charge < -0.3 is 9.47 Å². The van der Waals surface area contributed by atoms with Gasteiger partial charge in [-0.1, -0.05) is 35.5 Å². The predicted octanol–water partition coefficient (Wildman–Crippen LogP) is 4.54. The van der Waals surface area contributed by atoms with Gasteiger partial charge in [0.05, 0.1) is 0 Å². The van der Waals surface area contributed by atoms with Crippen molar-refractivity contribution in [1.29, 1.82) is 0 Å². The third-order valence-corrected chi connectivity index (χ3v) is 2.86. The molecule has 0 bridgehead atoms. The lowest BCUT2D eigenvalue weighted by Crippen LogP contribution is -2.17. The first-order valence-electron chi connectivity index (χ1n) is 5.48. The van der Waals surface area contributed by atoms with Crippen LogP contribution in [0, 0.1) is 0 Å². The maximum absolute atomic E-state index is 12.3. The Morgan fingerprint density at radius 1 is 1.14 bits per heavy atom. The van der Waals surface area contributed by atoms with Crippen LogP contribution >= 0.6 is 23.4 Å². The maximum atomic E-state index is 12.3. The summed E-state index contributed by atoms with van der Waals surface area (Å²) in [7, 11) is 0. The Labute approximate surface area is 127 Å². The van der Waals surface area contributed by atoms with Crippen molar-refractivity contribution in [3.8, 4) is 17.4 Å². The Morgan fingerprint density at radius 3 is 2.43 bits per heavy atom. The fraction of sp³-hybridized carbons (Fsp3) is 0.167. The van der Waals surface area contributed by atoms with Gasteiger partial charge in [0.25, 0.3) is 0 Å². The van der Waals surface area contributed by atoms with Crippen LogP contribution in [0.25, 0.3) is 0 Å². The predicted molar refractivity (Wildman–Crippen MR) is 72.0 cm³/mol. The highest BCUT2D eigenvalue weighted by Crippen LogP contribution is 2.35. The van der Waals surface area contributed by atoms with Gasteiger partial charge in [-0.25, -0.2) is 4.98 Å². The van der Waals surface area contributed by atoms with Crippen molar-refractivity contribution in [2.45, 2.75) is 11.5 Å². The van der Waals surface area contributed by atoms with Gasteiger partial charge in [0.15, 0.2) is 16.7 Å². The molecule has 112 valence electrons. The number of aromatic nitrogens is 2. The molecular formula is C12H8ClF3N2O2S. The van der Waals surface area contributed by atoms with Crippen LogP contribution in [-0.2, 0) is 0 Å². The van der Waals surface area contributed by atoms with Crippen molar-refractivity contribution < 1.29 is 22.6 Å². The van der Waals surface area contributed by atoms with Crippen LogP contribution in [-0.4, -0.2) is 22.6 Å². The summed E-state index contributed by atoms with van der Waals surface area (Å²) in [5.41, 5.74) is 0.